The van der Waals surface area contributed by atoms with Crippen LogP contribution in [0.5, 0.6) is 0 Å². The largest absolute Gasteiger partial charge is 0.444 e. The molecule has 3 aromatic rings. The molecule has 0 fully saturated rings. The first kappa shape index (κ1) is 22.7. The zero-order chi connectivity index (χ0) is 23.3. The molecule has 32 heavy (non-hydrogen) atoms. The molecule has 1 N–H and O–H groups in total. The van der Waals surface area contributed by atoms with E-state index in [-0.39, 0.29) is 22.0 Å². The van der Waals surface area contributed by atoms with Crippen LogP contribution in [0.2, 0.25) is 5.02 Å². The Morgan fingerprint density at radius 3 is 2.47 bits per heavy atom. The summed E-state index contributed by atoms with van der Waals surface area (Å²) < 4.78 is 5.54. The number of halogens is 1. The van der Waals surface area contributed by atoms with Gasteiger partial charge in [0.2, 0.25) is 6.10 Å². The van der Waals surface area contributed by atoms with Gasteiger partial charge in [0.25, 0.3) is 11.6 Å². The number of pyridine rings is 1. The normalized spacial score (nSPS) is 11.3. The summed E-state index contributed by atoms with van der Waals surface area (Å²) in [5, 5.41) is 13.4. The van der Waals surface area contributed by atoms with Gasteiger partial charge in [-0.15, -0.1) is 0 Å². The molecule has 1 atom stereocenters. The zero-order valence-corrected chi connectivity index (χ0v) is 17.9. The number of amides is 1. The van der Waals surface area contributed by atoms with Gasteiger partial charge in [-0.2, -0.15) is 0 Å². The van der Waals surface area contributed by atoms with Crippen molar-refractivity contribution < 1.29 is 19.2 Å². The van der Waals surface area contributed by atoms with Gasteiger partial charge in [-0.1, -0.05) is 41.9 Å². The molecule has 1 amide bonds. The van der Waals surface area contributed by atoms with Crippen molar-refractivity contribution in [1.82, 2.24) is 4.98 Å². The molecule has 1 heterocycles. The van der Waals surface area contributed by atoms with Gasteiger partial charge in [0.05, 0.1) is 21.2 Å². The lowest BCUT2D eigenvalue weighted by Crippen LogP contribution is -2.26. The first-order chi connectivity index (χ1) is 15.3. The minimum Gasteiger partial charge on any atom is -0.444 e. The van der Waals surface area contributed by atoms with Crippen molar-refractivity contribution >= 4 is 40.7 Å². The predicted molar refractivity (Wildman–Crippen MR) is 120 cm³/mol. The van der Waals surface area contributed by atoms with Crippen LogP contribution in [-0.2, 0) is 9.53 Å². The molecule has 3 rings (SSSR count). The van der Waals surface area contributed by atoms with Crippen LogP contribution < -0.4 is 10.2 Å². The summed E-state index contributed by atoms with van der Waals surface area (Å²) in [5.41, 5.74) is 0.607. The Balaban J connectivity index is 1.87. The topological polar surface area (TPSA) is 115 Å². The minimum atomic E-state index is -1.29. The van der Waals surface area contributed by atoms with Crippen LogP contribution >= 0.6 is 11.6 Å². The number of hydrogen-bond donors (Lipinski definition) is 1. The molecule has 2 aromatic carbocycles. The molecule has 0 bridgehead atoms. The predicted octanol–water partition coefficient (Wildman–Crippen LogP) is 4.25. The van der Waals surface area contributed by atoms with E-state index in [1.807, 2.05) is 0 Å². The number of nitro benzene ring substituents is 1. The summed E-state index contributed by atoms with van der Waals surface area (Å²) in [6, 6.07) is 15.2. The number of anilines is 2. The molecule has 0 saturated carbocycles. The van der Waals surface area contributed by atoms with E-state index in [1.165, 1.54) is 24.4 Å². The van der Waals surface area contributed by atoms with E-state index in [9.17, 15) is 19.7 Å². The lowest BCUT2D eigenvalue weighted by atomic mass is 10.1. The zero-order valence-electron chi connectivity index (χ0n) is 17.2. The highest BCUT2D eigenvalue weighted by Crippen LogP contribution is 2.29. The van der Waals surface area contributed by atoms with E-state index >= 15 is 0 Å². The number of carbonyl (C=O) groups excluding carboxylic acids is 2. The fourth-order valence-corrected chi connectivity index (χ4v) is 3.01. The standard InChI is InChI=1S/C22H19ClN4O5/c1-26(2)19-12-15(10-11-24-19)22(29)32-20(14-6-4-3-5-7-14)21(28)25-18-9-8-16(27(30)31)13-17(18)23/h3-13,20H,1-2H3,(H,25,28)/t20-/m0/s1. The fourth-order valence-electron chi connectivity index (χ4n) is 2.78. The van der Waals surface area contributed by atoms with Gasteiger partial charge in [0, 0.05) is 38.0 Å². The molecule has 0 aliphatic rings. The molecule has 10 heteroatoms. The Kier molecular flexibility index (Phi) is 7.01. The Labute approximate surface area is 188 Å². The Morgan fingerprint density at radius 2 is 1.84 bits per heavy atom. The summed E-state index contributed by atoms with van der Waals surface area (Å²) >= 11 is 6.08. The third-order valence-corrected chi connectivity index (χ3v) is 4.74. The Morgan fingerprint density at radius 1 is 1.12 bits per heavy atom. The van der Waals surface area contributed by atoms with Crippen molar-refractivity contribution in [3.05, 3.63) is 93.1 Å². The number of nitro groups is 1. The third kappa shape index (κ3) is 5.38. The Hall–Kier alpha value is -3.98. The number of aromatic nitrogens is 1. The molecular weight excluding hydrogens is 436 g/mol. The van der Waals surface area contributed by atoms with Crippen LogP contribution in [0.1, 0.15) is 22.0 Å². The Bertz CT molecular complexity index is 1150. The van der Waals surface area contributed by atoms with E-state index in [0.29, 0.717) is 11.4 Å². The molecule has 0 unspecified atom stereocenters. The SMILES string of the molecule is CN(C)c1cc(C(=O)O[C@H](C(=O)Nc2ccc([N+](=O)[O-])cc2Cl)c2ccccc2)ccn1. The maximum atomic E-state index is 13.0. The van der Waals surface area contributed by atoms with Crippen molar-refractivity contribution in [2.24, 2.45) is 0 Å². The average molecular weight is 455 g/mol. The number of nitrogens with one attached hydrogen (secondary N) is 1. The molecule has 0 aliphatic carbocycles. The summed E-state index contributed by atoms with van der Waals surface area (Å²) in [6.45, 7) is 0. The van der Waals surface area contributed by atoms with E-state index in [0.717, 1.165) is 6.07 Å². The van der Waals surface area contributed by atoms with Crippen LogP contribution in [0.15, 0.2) is 66.9 Å². The second-order valence-electron chi connectivity index (χ2n) is 6.90. The minimum absolute atomic E-state index is 0.0181. The fraction of sp³-hybridized carbons (Fsp3) is 0.136. The van der Waals surface area contributed by atoms with Gasteiger partial charge in [-0.05, 0) is 18.2 Å². The van der Waals surface area contributed by atoms with Crippen molar-refractivity contribution in [2.45, 2.75) is 6.10 Å². The first-order valence-corrected chi connectivity index (χ1v) is 9.78. The molecule has 164 valence electrons. The number of ether oxygens (including phenoxy) is 1. The lowest BCUT2D eigenvalue weighted by Gasteiger charge is -2.19. The van der Waals surface area contributed by atoms with Crippen LogP contribution in [0.3, 0.4) is 0 Å². The highest BCUT2D eigenvalue weighted by Gasteiger charge is 2.27. The number of benzene rings is 2. The lowest BCUT2D eigenvalue weighted by molar-refractivity contribution is -0.384. The maximum Gasteiger partial charge on any atom is 0.339 e. The van der Waals surface area contributed by atoms with Crippen LogP contribution in [0.4, 0.5) is 17.2 Å². The molecule has 9 nitrogen and oxygen atoms in total. The van der Waals surface area contributed by atoms with Gasteiger partial charge >= 0.3 is 5.97 Å². The monoisotopic (exact) mass is 454 g/mol. The van der Waals surface area contributed by atoms with Crippen LogP contribution in [0, 0.1) is 10.1 Å². The van der Waals surface area contributed by atoms with Crippen molar-refractivity contribution in [1.29, 1.82) is 0 Å². The third-order valence-electron chi connectivity index (χ3n) is 4.43. The molecule has 0 radical (unpaired) electrons. The number of esters is 1. The second-order valence-corrected chi connectivity index (χ2v) is 7.31. The second kappa shape index (κ2) is 9.88. The number of non-ortho nitro benzene ring substituents is 1. The first-order valence-electron chi connectivity index (χ1n) is 9.40. The summed E-state index contributed by atoms with van der Waals surface area (Å²) in [4.78, 5) is 42.0. The maximum absolute atomic E-state index is 13.0. The quantitative estimate of drug-likeness (QED) is 0.322. The summed E-state index contributed by atoms with van der Waals surface area (Å²) in [7, 11) is 3.57. The molecular formula is C22H19ClN4O5. The van der Waals surface area contributed by atoms with E-state index < -0.39 is 22.9 Å². The highest BCUT2D eigenvalue weighted by atomic mass is 35.5. The van der Waals surface area contributed by atoms with Crippen molar-refractivity contribution in [3.8, 4) is 0 Å². The van der Waals surface area contributed by atoms with Gasteiger partial charge in [0.1, 0.15) is 5.82 Å². The van der Waals surface area contributed by atoms with E-state index in [1.54, 1.807) is 55.4 Å². The number of hydrogen-bond acceptors (Lipinski definition) is 7. The van der Waals surface area contributed by atoms with Gasteiger partial charge in [0.15, 0.2) is 0 Å². The van der Waals surface area contributed by atoms with Crippen LogP contribution in [-0.4, -0.2) is 35.9 Å². The number of nitrogens with zero attached hydrogens (tertiary/aromatic N) is 3. The van der Waals surface area contributed by atoms with Crippen LogP contribution in [0.25, 0.3) is 0 Å². The summed E-state index contributed by atoms with van der Waals surface area (Å²) in [6.07, 6.45) is 0.186. The number of rotatable bonds is 7. The van der Waals surface area contributed by atoms with Gasteiger partial charge in [-0.3, -0.25) is 14.9 Å². The van der Waals surface area contributed by atoms with Gasteiger partial charge < -0.3 is 15.0 Å². The summed E-state index contributed by atoms with van der Waals surface area (Å²) in [5.74, 6) is -0.825. The van der Waals surface area contributed by atoms with E-state index in [4.69, 9.17) is 16.3 Å². The molecule has 0 aliphatic heterocycles. The molecule has 0 saturated heterocycles. The molecule has 1 aromatic heterocycles. The van der Waals surface area contributed by atoms with Crippen molar-refractivity contribution in [2.75, 3.05) is 24.3 Å². The highest BCUT2D eigenvalue weighted by molar-refractivity contribution is 6.34. The molecule has 0 spiro atoms. The number of carbonyl (C=O) groups is 2. The average Bonchev–Trinajstić information content (AvgIpc) is 2.79. The van der Waals surface area contributed by atoms with Gasteiger partial charge in [-0.25, -0.2) is 9.78 Å². The smallest absolute Gasteiger partial charge is 0.339 e. The van der Waals surface area contributed by atoms with Crippen molar-refractivity contribution in [3.63, 3.8) is 0 Å². The van der Waals surface area contributed by atoms with E-state index in [2.05, 4.69) is 10.3 Å².